The van der Waals surface area contributed by atoms with Gasteiger partial charge in [0.2, 0.25) is 0 Å². The molecule has 4 N–H and O–H groups in total. The van der Waals surface area contributed by atoms with Crippen molar-refractivity contribution in [1.82, 2.24) is 0 Å². The van der Waals surface area contributed by atoms with Crippen LogP contribution in [0.25, 0.3) is 10.8 Å². The van der Waals surface area contributed by atoms with Crippen molar-refractivity contribution < 1.29 is 75.3 Å². The van der Waals surface area contributed by atoms with Crippen molar-refractivity contribution in [3.63, 3.8) is 0 Å². The number of nitrogens with zero attached hydrogens (tertiary/aromatic N) is 1. The third kappa shape index (κ3) is 9.27. The van der Waals surface area contributed by atoms with Crippen LogP contribution in [0.4, 0.5) is 5.69 Å². The fourth-order valence-corrected chi connectivity index (χ4v) is 6.73. The predicted octanol–water partition coefficient (Wildman–Crippen LogP) is 1.43. The monoisotopic (exact) mass is 642 g/mol. The molecule has 35 heavy (non-hydrogen) atoms. The van der Waals surface area contributed by atoms with E-state index in [1.807, 2.05) is 0 Å². The third-order valence-electron chi connectivity index (χ3n) is 3.98. The zero-order valence-electron chi connectivity index (χ0n) is 17.6. The Labute approximate surface area is 258 Å². The molecule has 7 nitrogen and oxygen atoms in total. The van der Waals surface area contributed by atoms with Gasteiger partial charge in [-0.05, 0) is 26.7 Å². The number of benzene rings is 3. The number of hydrogen-bond acceptors (Lipinski definition) is 11. The number of fused-ring (bicyclic) bond motifs is 1. The van der Waals surface area contributed by atoms with E-state index in [1.54, 1.807) is 24.3 Å². The molecule has 0 saturated carbocycles. The van der Waals surface area contributed by atoms with Crippen LogP contribution < -0.4 is 29.6 Å². The van der Waals surface area contributed by atoms with Crippen molar-refractivity contribution in [3.05, 3.63) is 63.3 Å². The molecule has 0 spiro atoms. The molecule has 0 atom stereocenters. The Hall–Kier alpha value is -0.711. The van der Waals surface area contributed by atoms with E-state index in [9.17, 15) is 23.2 Å². The summed E-state index contributed by atoms with van der Waals surface area (Å²) in [5.74, 6) is -0.329. The number of phenols is 2. The second kappa shape index (κ2) is 14.9. The topological polar surface area (TPSA) is 142 Å². The van der Waals surface area contributed by atoms with Crippen molar-refractivity contribution in [3.8, 4) is 11.5 Å². The second-order valence-corrected chi connectivity index (χ2v) is 12.0. The Bertz CT molecular complexity index is 1470. The Balaban J connectivity index is 0.000000904. The van der Waals surface area contributed by atoms with Crippen LogP contribution >= 0.6 is 34.9 Å². The number of aromatic hydroxyl groups is 2. The van der Waals surface area contributed by atoms with Gasteiger partial charge >= 0.3 is 46.6 Å². The van der Waals surface area contributed by atoms with E-state index in [1.165, 1.54) is 53.2 Å². The molecule has 0 fully saturated rings. The molecule has 0 aliphatic heterocycles. The maximum absolute atomic E-state index is 11.7. The first-order valence-electron chi connectivity index (χ1n) is 8.58. The van der Waals surface area contributed by atoms with Gasteiger partial charge in [-0.25, -0.2) is 8.42 Å². The van der Waals surface area contributed by atoms with E-state index < -0.39 is 15.0 Å². The summed E-state index contributed by atoms with van der Waals surface area (Å²) in [6.07, 6.45) is 1.23. The molecular weight excluding hydrogens is 629 g/mol. The molecule has 0 amide bonds. The first-order valence-corrected chi connectivity index (χ1v) is 12.8. The Morgan fingerprint density at radius 3 is 2.11 bits per heavy atom. The largest absolute Gasteiger partial charge is 2.00 e. The SMILES string of the molecule is O.O=S(=O)([O-])c1c(N=Cc2ccc(O)cc2O)ccc2ccccc12.S=c1sc([S-])c([S-])s1.[Cu+2].[Na+]. The second-order valence-electron chi connectivity index (χ2n) is 6.12. The van der Waals surface area contributed by atoms with Gasteiger partial charge in [0.1, 0.15) is 21.6 Å². The van der Waals surface area contributed by atoms with Crippen LogP contribution in [0.2, 0.25) is 0 Å². The van der Waals surface area contributed by atoms with Crippen LogP contribution in [0.15, 0.2) is 72.9 Å². The normalized spacial score (nSPS) is 10.4. The Morgan fingerprint density at radius 2 is 1.60 bits per heavy atom. The molecule has 1 aromatic heterocycles. The fourth-order valence-electron chi connectivity index (χ4n) is 2.63. The summed E-state index contributed by atoms with van der Waals surface area (Å²) < 4.78 is 37.4. The Kier molecular flexibility index (Phi) is 14.6. The van der Waals surface area contributed by atoms with E-state index in [2.05, 4.69) is 4.99 Å². The van der Waals surface area contributed by atoms with Crippen molar-refractivity contribution in [2.24, 2.45) is 4.99 Å². The maximum Gasteiger partial charge on any atom is 2.00 e. The molecule has 3 aromatic carbocycles. The number of hydrogen-bond donors (Lipinski definition) is 2. The molecule has 1 heterocycles. The van der Waals surface area contributed by atoms with Crippen LogP contribution in [0.3, 0.4) is 0 Å². The van der Waals surface area contributed by atoms with Crippen LogP contribution in [-0.4, -0.2) is 34.9 Å². The van der Waals surface area contributed by atoms with Crippen LogP contribution in [-0.2, 0) is 52.4 Å². The summed E-state index contributed by atoms with van der Waals surface area (Å²) in [6, 6.07) is 13.6. The summed E-state index contributed by atoms with van der Waals surface area (Å²) in [7, 11) is -4.75. The van der Waals surface area contributed by atoms with E-state index >= 15 is 0 Å². The molecule has 4 rings (SSSR count). The van der Waals surface area contributed by atoms with E-state index in [-0.39, 0.29) is 80.2 Å². The Morgan fingerprint density at radius 1 is 1.00 bits per heavy atom. The zero-order chi connectivity index (χ0) is 23.5. The van der Waals surface area contributed by atoms with E-state index in [0.717, 1.165) is 17.6 Å². The zero-order valence-corrected chi connectivity index (χ0v) is 25.4. The molecule has 183 valence electrons. The molecule has 15 heteroatoms. The van der Waals surface area contributed by atoms with Gasteiger partial charge in [-0.1, -0.05) is 30.3 Å². The average Bonchev–Trinajstić information content (AvgIpc) is 3.01. The van der Waals surface area contributed by atoms with Crippen molar-refractivity contribution in [2.75, 3.05) is 0 Å². The fraction of sp³-hybridized carbons (Fsp3) is 0. The van der Waals surface area contributed by atoms with Crippen LogP contribution in [0.1, 0.15) is 5.56 Å². The summed E-state index contributed by atoms with van der Waals surface area (Å²) in [6.45, 7) is 0. The van der Waals surface area contributed by atoms with Crippen molar-refractivity contribution >= 4 is 92.9 Å². The van der Waals surface area contributed by atoms with Gasteiger partial charge in [-0.3, -0.25) is 4.99 Å². The predicted molar refractivity (Wildman–Crippen MR) is 137 cm³/mol. The summed E-state index contributed by atoms with van der Waals surface area (Å²) in [5, 5.41) is 19.9. The molecule has 4 aromatic rings. The summed E-state index contributed by atoms with van der Waals surface area (Å²) >= 11 is 17.3. The number of aliphatic imine (C=N–C) groups is 1. The summed E-state index contributed by atoms with van der Waals surface area (Å²) in [5.41, 5.74) is 0.256. The van der Waals surface area contributed by atoms with Crippen molar-refractivity contribution in [2.45, 2.75) is 13.3 Å². The van der Waals surface area contributed by atoms with E-state index in [4.69, 9.17) is 37.5 Å². The van der Waals surface area contributed by atoms with Crippen LogP contribution in [0.5, 0.6) is 11.5 Å². The smallest absolute Gasteiger partial charge is 0.744 e. The molecule has 0 bridgehead atoms. The summed E-state index contributed by atoms with van der Waals surface area (Å²) in [4.78, 5) is 3.63. The van der Waals surface area contributed by atoms with Gasteiger partial charge < -0.3 is 68.2 Å². The number of phenolic OH excluding ortho intramolecular Hbond substituents is 2. The standard InChI is InChI=1S/C17H13NO5S.C3H2S5.Cu.Na.H2O/c19-13-7-5-12(16(20)9-13)10-18-15-8-6-11-3-1-2-4-14(11)17(15)24(21,22)23;4-1-2(5)8-3(6)7-1;;;/h1-10,19-20H,(H,21,22,23);4-5H;;;1H2/q;;+2;+1;/p-3. The minimum atomic E-state index is -4.75. The van der Waals surface area contributed by atoms with E-state index in [0.29, 0.717) is 5.39 Å². The third-order valence-corrected chi connectivity index (χ3v) is 8.45. The quantitative estimate of drug-likeness (QED) is 0.112. The van der Waals surface area contributed by atoms with Gasteiger partial charge in [0.05, 0.1) is 10.6 Å². The molecule has 0 aliphatic carbocycles. The minimum absolute atomic E-state index is 0. The van der Waals surface area contributed by atoms with Gasteiger partial charge in [0, 0.05) is 23.2 Å². The van der Waals surface area contributed by atoms with Crippen LogP contribution in [0, 0.1) is 3.14 Å². The van der Waals surface area contributed by atoms with Crippen molar-refractivity contribution in [1.29, 1.82) is 0 Å². The molecule has 0 aliphatic rings. The number of rotatable bonds is 3. The molecule has 0 saturated heterocycles. The molecule has 0 unspecified atom stereocenters. The maximum atomic E-state index is 11.7. The molecular formula is C20H14CuNNaO6S6. The van der Waals surface area contributed by atoms with Gasteiger partial charge in [0.25, 0.3) is 0 Å². The van der Waals surface area contributed by atoms with Gasteiger partial charge in [-0.15, -0.1) is 20.6 Å². The minimum Gasteiger partial charge on any atom is -0.744 e. The first-order chi connectivity index (χ1) is 15.1. The first kappa shape index (κ1) is 34.3. The van der Waals surface area contributed by atoms with Gasteiger partial charge in [-0.2, -0.15) is 0 Å². The molecule has 1 radical (unpaired) electrons. The average molecular weight is 643 g/mol. The van der Waals surface area contributed by atoms with Gasteiger partial charge in [0.15, 0.2) is 0 Å².